The number of nitrogens with one attached hydrogen (secondary N) is 1. The van der Waals surface area contributed by atoms with Crippen molar-refractivity contribution in [3.05, 3.63) is 72.3 Å². The van der Waals surface area contributed by atoms with Crippen LogP contribution in [0.15, 0.2) is 60.8 Å². The van der Waals surface area contributed by atoms with Gasteiger partial charge in [-0.15, -0.1) is 0 Å². The minimum Gasteiger partial charge on any atom is -0.756 e. The van der Waals surface area contributed by atoms with Crippen LogP contribution in [0.3, 0.4) is 0 Å². The van der Waals surface area contributed by atoms with Gasteiger partial charge in [0.05, 0.1) is 34.2 Å². The van der Waals surface area contributed by atoms with E-state index in [0.29, 0.717) is 29.6 Å². The van der Waals surface area contributed by atoms with Gasteiger partial charge >= 0.3 is 0 Å². The number of quaternary nitrogens is 1. The van der Waals surface area contributed by atoms with E-state index in [-0.39, 0.29) is 11.7 Å². The molecular weight excluding hydrogens is 466 g/mol. The van der Waals surface area contributed by atoms with E-state index in [1.165, 1.54) is 12.1 Å². The second-order valence-corrected chi connectivity index (χ2v) is 9.09. The summed E-state index contributed by atoms with van der Waals surface area (Å²) in [7, 11) is 1.31. The maximum absolute atomic E-state index is 13.0. The molecule has 12 heteroatoms. The van der Waals surface area contributed by atoms with Crippen molar-refractivity contribution < 1.29 is 37.7 Å². The first kappa shape index (κ1) is 27.0. The van der Waals surface area contributed by atoms with Crippen LogP contribution in [0.5, 0.6) is 11.5 Å². The lowest BCUT2D eigenvalue weighted by Gasteiger charge is -2.23. The average Bonchev–Trinajstić information content (AvgIpc) is 2.74. The Hall–Kier alpha value is -3.21. The maximum atomic E-state index is 13.0. The molecule has 0 saturated carbocycles. The van der Waals surface area contributed by atoms with Crippen LogP contribution < -0.4 is 14.9 Å². The summed E-state index contributed by atoms with van der Waals surface area (Å²) < 4.78 is 28.2. The van der Waals surface area contributed by atoms with Gasteiger partial charge in [0.25, 0.3) is 13.7 Å². The maximum Gasteiger partial charge on any atom is 0.270 e. The molecule has 0 atom stereocenters. The molecule has 0 aliphatic carbocycles. The predicted octanol–water partition coefficient (Wildman–Crippen LogP) is 1.95. The molecule has 0 fully saturated rings. The zero-order valence-corrected chi connectivity index (χ0v) is 19.8. The molecule has 10 nitrogen and oxygen atoms in total. The Morgan fingerprint density at radius 2 is 1.59 bits per heavy atom. The van der Waals surface area contributed by atoms with Crippen LogP contribution in [-0.4, -0.2) is 64.4 Å². The molecule has 0 bridgehead atoms. The summed E-state index contributed by atoms with van der Waals surface area (Å²) in [6.07, 6.45) is 1.57. The Morgan fingerprint density at radius 3 is 2.12 bits per heavy atom. The van der Waals surface area contributed by atoms with Crippen molar-refractivity contribution in [2.45, 2.75) is 0 Å². The highest BCUT2D eigenvalue weighted by molar-refractivity contribution is 7.43. The van der Waals surface area contributed by atoms with Gasteiger partial charge in [-0.3, -0.25) is 9.36 Å². The van der Waals surface area contributed by atoms with Crippen LogP contribution in [0, 0.1) is 5.82 Å². The van der Waals surface area contributed by atoms with Crippen LogP contribution >= 0.6 is 7.82 Å². The van der Waals surface area contributed by atoms with Crippen molar-refractivity contribution >= 4 is 13.7 Å². The molecule has 1 heterocycles. The number of amides is 1. The first-order valence-electron chi connectivity index (χ1n) is 10.0. The molecule has 182 valence electrons. The predicted molar refractivity (Wildman–Crippen MR) is 121 cm³/mol. The number of aromatic nitrogens is 2. The number of ether oxygens (including phenoxy) is 1. The first-order chi connectivity index (χ1) is 15.8. The quantitative estimate of drug-likeness (QED) is 0.335. The Bertz CT molecular complexity index is 1120. The van der Waals surface area contributed by atoms with Gasteiger partial charge in [0.1, 0.15) is 23.0 Å². The lowest BCUT2D eigenvalue weighted by Crippen LogP contribution is -2.42. The number of rotatable bonds is 7. The normalized spacial score (nSPS) is 11.3. The fourth-order valence-electron chi connectivity index (χ4n) is 2.53. The molecular formula is C22H26FN4O6P. The summed E-state index contributed by atoms with van der Waals surface area (Å²) >= 11 is 0. The molecule has 34 heavy (non-hydrogen) atoms. The van der Waals surface area contributed by atoms with Crippen LogP contribution in [0.2, 0.25) is 0 Å². The minimum absolute atomic E-state index is 0.224. The standard InChI is InChI=1S/C22H23FN4O2.H3O4P/c1-27(2,3)15-14-25-22(28)20-12-13-24-21(26-20)16-4-8-18(9-5-16)29-19-10-6-17(23)7-11-19;1-5(2,3)4/h4-13H,14-15H2,1-3H3;(H3,1,2,3,4). The number of carbonyl (C=O) groups is 1. The molecule has 3 N–H and O–H groups in total. The Morgan fingerprint density at radius 1 is 1.06 bits per heavy atom. The summed E-state index contributed by atoms with van der Waals surface area (Å²) in [5.41, 5.74) is 1.08. The zero-order valence-electron chi connectivity index (χ0n) is 18.9. The lowest BCUT2D eigenvalue weighted by molar-refractivity contribution is -0.869. The summed E-state index contributed by atoms with van der Waals surface area (Å²) in [5.74, 6) is 1.07. The molecule has 1 aromatic heterocycles. The number of likely N-dealkylation sites (N-methyl/N-ethyl adjacent to an activating group) is 1. The average molecular weight is 492 g/mol. The van der Waals surface area contributed by atoms with Crippen molar-refractivity contribution in [2.75, 3.05) is 34.2 Å². The molecule has 0 aliphatic rings. The van der Waals surface area contributed by atoms with Crippen LogP contribution in [0.25, 0.3) is 11.4 Å². The third kappa shape index (κ3) is 10.6. The second-order valence-electron chi connectivity index (χ2n) is 8.11. The van der Waals surface area contributed by atoms with Crippen molar-refractivity contribution in [3.8, 4) is 22.9 Å². The highest BCUT2D eigenvalue weighted by atomic mass is 31.2. The van der Waals surface area contributed by atoms with Crippen molar-refractivity contribution in [3.63, 3.8) is 0 Å². The Labute approximate surface area is 196 Å². The third-order valence-corrected chi connectivity index (χ3v) is 4.12. The van der Waals surface area contributed by atoms with Gasteiger partial charge in [0.15, 0.2) is 5.82 Å². The topological polar surface area (TPSA) is 145 Å². The number of carbonyl (C=O) groups excluding carboxylic acids is 1. The van der Waals surface area contributed by atoms with Crippen molar-refractivity contribution in [1.82, 2.24) is 15.3 Å². The SMILES string of the molecule is C[N+](C)(C)CCNC(=O)c1ccnc(-c2ccc(Oc3ccc(F)cc3)cc2)n1.O=P([O-])(O)O. The van der Waals surface area contributed by atoms with E-state index in [1.807, 2.05) is 12.1 Å². The fourth-order valence-corrected chi connectivity index (χ4v) is 2.53. The second kappa shape index (κ2) is 11.8. The van der Waals surface area contributed by atoms with Gasteiger partial charge in [0.2, 0.25) is 0 Å². The van der Waals surface area contributed by atoms with Crippen molar-refractivity contribution in [2.24, 2.45) is 0 Å². The molecule has 3 rings (SSSR count). The molecule has 2 aromatic carbocycles. The van der Waals surface area contributed by atoms with E-state index in [9.17, 15) is 9.18 Å². The van der Waals surface area contributed by atoms with E-state index in [0.717, 1.165) is 16.6 Å². The van der Waals surface area contributed by atoms with Crippen LogP contribution in [0.1, 0.15) is 10.5 Å². The minimum atomic E-state index is -4.89. The highest BCUT2D eigenvalue weighted by Gasteiger charge is 2.12. The van der Waals surface area contributed by atoms with E-state index < -0.39 is 7.82 Å². The molecule has 0 aliphatic heterocycles. The van der Waals surface area contributed by atoms with E-state index >= 15 is 0 Å². The monoisotopic (exact) mass is 492 g/mol. The zero-order chi connectivity index (χ0) is 25.4. The molecule has 0 unspecified atom stereocenters. The van der Waals surface area contributed by atoms with Gasteiger partial charge in [-0.25, -0.2) is 14.4 Å². The van der Waals surface area contributed by atoms with Gasteiger partial charge in [-0.1, -0.05) is 0 Å². The van der Waals surface area contributed by atoms with Crippen LogP contribution in [0.4, 0.5) is 4.39 Å². The number of halogens is 1. The van der Waals surface area contributed by atoms with E-state index in [2.05, 4.69) is 36.4 Å². The van der Waals surface area contributed by atoms with Gasteiger partial charge < -0.3 is 29.2 Å². The number of hydrogen-bond donors (Lipinski definition) is 3. The van der Waals surface area contributed by atoms with Crippen molar-refractivity contribution in [1.29, 1.82) is 0 Å². The Balaban J connectivity index is 0.000000739. The molecule has 0 saturated heterocycles. The Kier molecular flexibility index (Phi) is 9.36. The summed E-state index contributed by atoms with van der Waals surface area (Å²) in [5, 5.41) is 2.88. The van der Waals surface area contributed by atoms with E-state index in [1.54, 1.807) is 36.5 Å². The van der Waals surface area contributed by atoms with Gasteiger partial charge in [0, 0.05) is 11.8 Å². The number of benzene rings is 2. The van der Waals surface area contributed by atoms with Gasteiger partial charge in [-0.05, 0) is 54.6 Å². The third-order valence-electron chi connectivity index (χ3n) is 4.12. The summed E-state index contributed by atoms with van der Waals surface area (Å²) in [4.78, 5) is 43.9. The largest absolute Gasteiger partial charge is 0.756 e. The number of phosphoric acid groups is 1. The van der Waals surface area contributed by atoms with Gasteiger partial charge in [-0.2, -0.15) is 0 Å². The number of nitrogens with zero attached hydrogens (tertiary/aromatic N) is 3. The highest BCUT2D eigenvalue weighted by Crippen LogP contribution is 2.24. The fraction of sp³-hybridized carbons (Fsp3) is 0.227. The first-order valence-corrected chi connectivity index (χ1v) is 11.6. The smallest absolute Gasteiger partial charge is 0.270 e. The van der Waals surface area contributed by atoms with Crippen LogP contribution in [-0.2, 0) is 4.57 Å². The molecule has 0 radical (unpaired) electrons. The molecule has 1 amide bonds. The summed E-state index contributed by atoms with van der Waals surface area (Å²) in [6, 6.07) is 14.6. The van der Waals surface area contributed by atoms with E-state index in [4.69, 9.17) is 24.0 Å². The number of hydrogen-bond acceptors (Lipinski definition) is 6. The molecule has 0 spiro atoms. The molecule has 3 aromatic rings. The lowest BCUT2D eigenvalue weighted by atomic mass is 10.2. The summed E-state index contributed by atoms with van der Waals surface area (Å²) in [6.45, 7) is 1.39.